The Morgan fingerprint density at radius 2 is 0.382 bits per heavy atom. The highest BCUT2D eigenvalue weighted by Crippen LogP contribution is 2.35. The molecule has 0 N–H and O–H groups in total. The molecule has 4 heteroatoms. The highest BCUT2D eigenvalue weighted by molar-refractivity contribution is 7.07. The van der Waals surface area contributed by atoms with Crippen molar-refractivity contribution < 1.29 is 0 Å². The standard InChI is InChI=1S/C13H10.2C10H8.C8H6N2.4C7H8.C5H5N.C4H4S.14C2H6/c1-3-7-12-10(5-1)9-11-6-2-4-8-13(11)12;2*1-2-6-10-8-4-3-7-9(10)5-1;1-2-4-8-7(3-1)9-5-6-10-8;4*1-7-5-3-2-4-6-7;1-2-4-6-5-3-1;1-2-4-5-3-1;14*1-2/h1-8H,9H2;2*1-8H;1-6H;4*2-6H,1H3;1-5H;1-4H;14*1-2H3. The van der Waals surface area contributed by atoms with Crippen molar-refractivity contribution in [3.8, 4) is 11.1 Å². The van der Waals surface area contributed by atoms with Crippen LogP contribution in [0.4, 0.5) is 0 Å². The number of aryl methyl sites for hydroxylation is 4. The number of aromatic nitrogens is 3. The number of rotatable bonds is 0. The van der Waals surface area contributed by atoms with E-state index in [1.54, 1.807) is 36.1 Å². The third kappa shape index (κ3) is 67.5. The first-order valence-corrected chi connectivity index (χ1v) is 42.5. The zero-order valence-electron chi connectivity index (χ0n) is 75.5. The minimum Gasteiger partial charge on any atom is -0.265 e. The summed E-state index contributed by atoms with van der Waals surface area (Å²) in [5.41, 5.74) is 12.9. The first kappa shape index (κ1) is 118. The van der Waals surface area contributed by atoms with Gasteiger partial charge in [0.25, 0.3) is 0 Å². The topological polar surface area (TPSA) is 38.7 Å². The maximum Gasteiger partial charge on any atom is 0.0886 e. The second kappa shape index (κ2) is 103. The minimum absolute atomic E-state index is 0.949. The van der Waals surface area contributed by atoms with E-state index in [0.717, 1.165) is 17.5 Å². The molecule has 0 aliphatic heterocycles. The molecule has 0 saturated carbocycles. The predicted octanol–water partition coefficient (Wildman–Crippen LogP) is 35.7. The summed E-state index contributed by atoms with van der Waals surface area (Å²) in [6, 6.07) is 109. The summed E-state index contributed by atoms with van der Waals surface area (Å²) < 4.78 is 0. The molecule has 602 valence electrons. The molecule has 1 aliphatic carbocycles. The molecule has 0 saturated heterocycles. The van der Waals surface area contributed by atoms with Gasteiger partial charge in [0.1, 0.15) is 0 Å². The van der Waals surface area contributed by atoms with Gasteiger partial charge in [0.2, 0.25) is 0 Å². The maximum absolute atomic E-state index is 4.12. The van der Waals surface area contributed by atoms with Crippen LogP contribution in [0.2, 0.25) is 0 Å². The van der Waals surface area contributed by atoms with Gasteiger partial charge >= 0.3 is 0 Å². The molecule has 1 aliphatic rings. The van der Waals surface area contributed by atoms with Gasteiger partial charge in [-0.15, -0.1) is 0 Å². The number of fused-ring (bicyclic) bond motifs is 6. The molecule has 0 fully saturated rings. The fourth-order valence-electron chi connectivity index (χ4n) is 7.93. The van der Waals surface area contributed by atoms with E-state index in [4.69, 9.17) is 0 Å². The van der Waals surface area contributed by atoms with Crippen molar-refractivity contribution in [2.24, 2.45) is 0 Å². The second-order valence-corrected chi connectivity index (χ2v) is 19.5. The summed E-state index contributed by atoms with van der Waals surface area (Å²) in [6.07, 6.45) is 8.00. The van der Waals surface area contributed by atoms with Gasteiger partial charge in [-0.2, -0.15) is 11.3 Å². The number of thiophene rings is 1. The zero-order chi connectivity index (χ0) is 85.3. The SMILES string of the molecule is CC.CC.CC.CC.CC.CC.CC.CC.CC.CC.CC.CC.CC.CC.Cc1ccccc1.Cc1ccccc1.Cc1ccccc1.Cc1ccccc1.c1ccc2c(c1)Cc1ccccc1-2.c1ccc2ccccc2c1.c1ccc2ccccc2c1.c1ccc2nccnc2c1.c1ccncc1.c1ccsc1. The Morgan fingerprint density at radius 3 is 0.555 bits per heavy atom. The summed E-state index contributed by atoms with van der Waals surface area (Å²) in [5, 5.41) is 9.32. The molecule has 0 amide bonds. The quantitative estimate of drug-likeness (QED) is 0.152. The van der Waals surface area contributed by atoms with Crippen molar-refractivity contribution in [1.82, 2.24) is 15.0 Å². The van der Waals surface area contributed by atoms with Crippen LogP contribution in [0.25, 0.3) is 43.7 Å². The van der Waals surface area contributed by atoms with E-state index in [-0.39, 0.29) is 0 Å². The van der Waals surface area contributed by atoms with Gasteiger partial charge in [-0.25, -0.2) is 0 Å². The van der Waals surface area contributed by atoms with E-state index in [2.05, 4.69) is 237 Å². The predicted molar refractivity (Wildman–Crippen MR) is 514 cm³/mol. The monoisotopic (exact) mass is 1500 g/mol. The van der Waals surface area contributed by atoms with Crippen LogP contribution in [0.1, 0.15) is 227 Å². The van der Waals surface area contributed by atoms with Crippen molar-refractivity contribution in [3.63, 3.8) is 0 Å². The molecule has 0 atom stereocenters. The third-order valence-corrected chi connectivity index (χ3v) is 12.8. The number of hydrogen-bond donors (Lipinski definition) is 0. The molecule has 0 unspecified atom stereocenters. The lowest BCUT2D eigenvalue weighted by Gasteiger charge is -1.98. The van der Waals surface area contributed by atoms with E-state index in [1.807, 2.05) is 332 Å². The highest BCUT2D eigenvalue weighted by atomic mass is 32.1. The van der Waals surface area contributed by atoms with Crippen LogP contribution in [-0.4, -0.2) is 15.0 Å². The van der Waals surface area contributed by atoms with Gasteiger partial charge in [0.05, 0.1) is 11.0 Å². The van der Waals surface area contributed by atoms with Gasteiger partial charge in [-0.3, -0.25) is 15.0 Å². The zero-order valence-corrected chi connectivity index (χ0v) is 76.3. The lowest BCUT2D eigenvalue weighted by atomic mass is 10.1. The molecule has 11 aromatic carbocycles. The molecule has 0 spiro atoms. The molecule has 0 bridgehead atoms. The van der Waals surface area contributed by atoms with Crippen LogP contribution < -0.4 is 0 Å². The van der Waals surface area contributed by atoms with E-state index >= 15 is 0 Å². The Hall–Kier alpha value is -9.87. The van der Waals surface area contributed by atoms with Crippen LogP contribution in [-0.2, 0) is 6.42 Å². The summed E-state index contributed by atoms with van der Waals surface area (Å²) in [6.45, 7) is 64.3. The first-order valence-electron chi connectivity index (χ1n) is 41.5. The van der Waals surface area contributed by atoms with Crippen LogP contribution in [0.15, 0.2) is 357 Å². The third-order valence-electron chi connectivity index (χ3n) is 12.2. The van der Waals surface area contributed by atoms with Crippen molar-refractivity contribution >= 4 is 43.9 Å². The second-order valence-electron chi connectivity index (χ2n) is 18.7. The van der Waals surface area contributed by atoms with Crippen LogP contribution in [0.5, 0.6) is 0 Å². The van der Waals surface area contributed by atoms with Crippen LogP contribution in [0, 0.1) is 27.7 Å². The first-order chi connectivity index (χ1) is 54.4. The summed E-state index contributed by atoms with van der Waals surface area (Å²) in [5.74, 6) is 0. The van der Waals surface area contributed by atoms with Gasteiger partial charge in [0, 0.05) is 24.8 Å². The van der Waals surface area contributed by atoms with E-state index < -0.39 is 0 Å². The molecular weight excluding hydrogens is 1350 g/mol. The Morgan fingerprint density at radius 1 is 0.191 bits per heavy atom. The molecule has 3 nitrogen and oxygen atoms in total. The summed E-state index contributed by atoms with van der Waals surface area (Å²) >= 11 is 1.71. The van der Waals surface area contributed by atoms with Gasteiger partial charge in [-0.05, 0) is 113 Å². The molecular formula is C106H157N3S. The fourth-order valence-corrected chi connectivity index (χ4v) is 8.39. The average Bonchev–Trinajstić information content (AvgIpc) is 1.65. The van der Waals surface area contributed by atoms with Crippen molar-refractivity contribution in [1.29, 1.82) is 0 Å². The highest BCUT2D eigenvalue weighted by Gasteiger charge is 2.15. The Kier molecular flexibility index (Phi) is 111. The van der Waals surface area contributed by atoms with Gasteiger partial charge in [0.15, 0.2) is 0 Å². The average molecular weight is 1510 g/mol. The largest absolute Gasteiger partial charge is 0.265 e. The van der Waals surface area contributed by atoms with E-state index in [0.29, 0.717) is 0 Å². The van der Waals surface area contributed by atoms with E-state index in [9.17, 15) is 0 Å². The van der Waals surface area contributed by atoms with Crippen molar-refractivity contribution in [2.45, 2.75) is 228 Å². The Labute approximate surface area is 684 Å². The van der Waals surface area contributed by atoms with E-state index in [1.165, 1.54) is 66.1 Å². The fraction of sp³-hybridized carbons (Fsp3) is 0.311. The number of para-hydroxylation sites is 2. The number of nitrogens with zero attached hydrogens (tertiary/aromatic N) is 3. The molecule has 15 rings (SSSR count). The minimum atomic E-state index is 0.949. The maximum atomic E-state index is 4.12. The molecule has 3 heterocycles. The normalized spacial score (nSPS) is 7.96. The Bertz CT molecular complexity index is 3220. The van der Waals surface area contributed by atoms with Crippen LogP contribution in [0.3, 0.4) is 0 Å². The summed E-state index contributed by atoms with van der Waals surface area (Å²) in [4.78, 5) is 12.0. The Balaban J connectivity index is -0.000000143. The molecule has 110 heavy (non-hydrogen) atoms. The van der Waals surface area contributed by atoms with Gasteiger partial charge < -0.3 is 0 Å². The lowest BCUT2D eigenvalue weighted by molar-refractivity contribution is 1.26. The number of hydrogen-bond acceptors (Lipinski definition) is 4. The van der Waals surface area contributed by atoms with Crippen molar-refractivity contribution in [3.05, 3.63) is 390 Å². The molecule has 3 aromatic heterocycles. The molecule has 14 aromatic rings. The lowest BCUT2D eigenvalue weighted by Crippen LogP contribution is -1.78. The number of benzene rings is 11. The van der Waals surface area contributed by atoms with Gasteiger partial charge in [-0.1, -0.05) is 513 Å². The number of pyridine rings is 1. The van der Waals surface area contributed by atoms with Crippen LogP contribution >= 0.6 is 11.3 Å². The summed E-state index contributed by atoms with van der Waals surface area (Å²) in [7, 11) is 0. The molecule has 0 radical (unpaired) electrons. The smallest absolute Gasteiger partial charge is 0.0886 e. The van der Waals surface area contributed by atoms with Crippen molar-refractivity contribution in [2.75, 3.05) is 0 Å².